The molecule has 0 aliphatic carbocycles. The Morgan fingerprint density at radius 2 is 0.650 bits per heavy atom. The van der Waals surface area contributed by atoms with Crippen molar-refractivity contribution in [1.29, 1.82) is 0 Å². The number of hydrogen-bond donors (Lipinski definition) is 2. The third-order valence-corrected chi connectivity index (χ3v) is 15.0. The molecule has 0 fully saturated rings. The maximum absolute atomic E-state index is 13.0. The summed E-state index contributed by atoms with van der Waals surface area (Å²) in [5, 5.41) is 9.86. The van der Waals surface area contributed by atoms with Gasteiger partial charge in [-0.25, -0.2) is 4.57 Å². The summed E-state index contributed by atoms with van der Waals surface area (Å²) in [4.78, 5) is 48.8. The Morgan fingerprint density at radius 3 is 1.01 bits per heavy atom. The van der Waals surface area contributed by atoms with Gasteiger partial charge in [0.2, 0.25) is 0 Å². The molecule has 0 aliphatic heterocycles. The van der Waals surface area contributed by atoms with E-state index in [4.69, 9.17) is 23.3 Å². The van der Waals surface area contributed by atoms with Gasteiger partial charge >= 0.3 is 25.7 Å². The second-order valence-electron chi connectivity index (χ2n) is 21.9. The van der Waals surface area contributed by atoms with Crippen LogP contribution >= 0.6 is 7.82 Å². The Morgan fingerprint density at radius 1 is 0.362 bits per heavy atom. The number of carbonyl (C=O) groups excluding carboxylic acids is 3. The van der Waals surface area contributed by atoms with E-state index in [9.17, 15) is 28.9 Å². The average Bonchev–Trinajstić information content (AvgIpc) is 3.45. The van der Waals surface area contributed by atoms with Gasteiger partial charge in [-0.2, -0.15) is 0 Å². The molecule has 0 spiro atoms. The summed E-state index contributed by atoms with van der Waals surface area (Å²) >= 11 is 0. The largest absolute Gasteiger partial charge is 0.472 e. The second kappa shape index (κ2) is 62.0. The van der Waals surface area contributed by atoms with E-state index in [0.717, 1.165) is 96.3 Å². The van der Waals surface area contributed by atoms with Crippen LogP contribution in [0.4, 0.5) is 0 Å². The highest BCUT2D eigenvalue weighted by Gasteiger charge is 2.28. The van der Waals surface area contributed by atoms with Crippen LogP contribution in [0.15, 0.2) is 72.9 Å². The fourth-order valence-corrected chi connectivity index (χ4v) is 9.89. The van der Waals surface area contributed by atoms with E-state index < -0.39 is 57.8 Å². The van der Waals surface area contributed by atoms with Crippen LogP contribution < -0.4 is 0 Å². The Kier molecular flexibility index (Phi) is 59.6. The molecule has 0 aromatic carbocycles. The van der Waals surface area contributed by atoms with Crippen molar-refractivity contribution in [2.75, 3.05) is 26.4 Å². The first kappa shape index (κ1) is 76.9. The lowest BCUT2D eigenvalue weighted by Gasteiger charge is -2.21. The minimum absolute atomic E-state index is 0.138. The minimum Gasteiger partial charge on any atom is -0.462 e. The predicted molar refractivity (Wildman–Crippen MR) is 335 cm³/mol. The smallest absolute Gasteiger partial charge is 0.462 e. The molecule has 12 heteroatoms. The number of esters is 3. The highest BCUT2D eigenvalue weighted by molar-refractivity contribution is 7.47. The lowest BCUT2D eigenvalue weighted by atomic mass is 10.1. The zero-order valence-corrected chi connectivity index (χ0v) is 52.4. The third-order valence-electron chi connectivity index (χ3n) is 14.1. The summed E-state index contributed by atoms with van der Waals surface area (Å²) in [7, 11) is -4.76. The van der Waals surface area contributed by atoms with E-state index in [1.165, 1.54) is 148 Å². The van der Waals surface area contributed by atoms with Crippen LogP contribution in [0.5, 0.6) is 0 Å². The van der Waals surface area contributed by atoms with Gasteiger partial charge < -0.3 is 24.2 Å². The van der Waals surface area contributed by atoms with Gasteiger partial charge in [0.25, 0.3) is 0 Å². The van der Waals surface area contributed by atoms with Gasteiger partial charge in [-0.15, -0.1) is 0 Å². The molecule has 0 rings (SSSR count). The molecule has 0 bridgehead atoms. The zero-order chi connectivity index (χ0) is 58.3. The van der Waals surface area contributed by atoms with Gasteiger partial charge in [-0.1, -0.05) is 248 Å². The maximum atomic E-state index is 13.0. The number of unbranched alkanes of at least 4 members (excludes halogenated alkanes) is 32. The van der Waals surface area contributed by atoms with Gasteiger partial charge in [0.15, 0.2) is 6.10 Å². The molecule has 2 N–H and O–H groups in total. The van der Waals surface area contributed by atoms with E-state index in [2.05, 4.69) is 93.7 Å². The molecular formula is C68H121O11P. The number of hydrogen-bond acceptors (Lipinski definition) is 10. The molecule has 0 saturated heterocycles. The minimum atomic E-state index is -4.76. The van der Waals surface area contributed by atoms with Crippen LogP contribution in [0.3, 0.4) is 0 Å². The maximum Gasteiger partial charge on any atom is 0.472 e. The molecule has 0 aromatic heterocycles. The zero-order valence-electron chi connectivity index (χ0n) is 51.5. The van der Waals surface area contributed by atoms with Gasteiger partial charge in [-0.05, 0) is 109 Å². The molecule has 11 nitrogen and oxygen atoms in total. The van der Waals surface area contributed by atoms with E-state index in [0.29, 0.717) is 19.3 Å². The summed E-state index contributed by atoms with van der Waals surface area (Å²) in [5.74, 6) is -1.49. The predicted octanol–water partition coefficient (Wildman–Crippen LogP) is 20.0. The Bertz CT molecular complexity index is 1620. The number of phosphoric acid groups is 1. The van der Waals surface area contributed by atoms with Gasteiger partial charge in [-0.3, -0.25) is 23.4 Å². The molecule has 3 atom stereocenters. The van der Waals surface area contributed by atoms with Crippen LogP contribution in [0.25, 0.3) is 0 Å². The first-order valence-corrected chi connectivity index (χ1v) is 34.3. The number of phosphoric ester groups is 1. The Balaban J connectivity index is 4.71. The fourth-order valence-electron chi connectivity index (χ4n) is 9.10. The SMILES string of the molecule is CC/C=C\C/C=C\C/C=C\C/C=C\CCCCCCC(=O)OC(COC(=O)CCCCCCCCCCC/C=C\CCCCCCCC)COP(=O)(O)OCC(CO)OC(=O)CCCCCCCCC/C=C\CCCCCCCC. The summed E-state index contributed by atoms with van der Waals surface area (Å²) < 4.78 is 39.7. The lowest BCUT2D eigenvalue weighted by Crippen LogP contribution is -2.30. The van der Waals surface area contributed by atoms with Crippen LogP contribution in [-0.4, -0.2) is 66.5 Å². The molecule has 464 valence electrons. The number of rotatable bonds is 61. The monoisotopic (exact) mass is 1140 g/mol. The molecule has 80 heavy (non-hydrogen) atoms. The molecular weight excluding hydrogens is 1020 g/mol. The first-order chi connectivity index (χ1) is 39.2. The molecule has 0 radical (unpaired) electrons. The van der Waals surface area contributed by atoms with Gasteiger partial charge in [0, 0.05) is 19.3 Å². The summed E-state index contributed by atoms with van der Waals surface area (Å²) in [6.07, 6.45) is 71.4. The molecule has 0 saturated carbocycles. The van der Waals surface area contributed by atoms with E-state index in [1.54, 1.807) is 0 Å². The summed E-state index contributed by atoms with van der Waals surface area (Å²) in [5.41, 5.74) is 0. The molecule has 0 amide bonds. The van der Waals surface area contributed by atoms with E-state index in [-0.39, 0.29) is 25.9 Å². The van der Waals surface area contributed by atoms with Gasteiger partial charge in [0.05, 0.1) is 19.8 Å². The Labute approximate surface area is 490 Å². The average molecular weight is 1150 g/mol. The quantitative estimate of drug-likeness (QED) is 0.0197. The third kappa shape index (κ3) is 59.5. The molecule has 0 heterocycles. The number of aliphatic hydroxyl groups is 1. The van der Waals surface area contributed by atoms with Crippen LogP contribution in [0.1, 0.15) is 303 Å². The van der Waals surface area contributed by atoms with Crippen LogP contribution in [0.2, 0.25) is 0 Å². The van der Waals surface area contributed by atoms with E-state index >= 15 is 0 Å². The van der Waals surface area contributed by atoms with Crippen molar-refractivity contribution in [3.63, 3.8) is 0 Å². The number of ether oxygens (including phenoxy) is 3. The molecule has 0 aromatic rings. The van der Waals surface area contributed by atoms with Crippen molar-refractivity contribution in [1.82, 2.24) is 0 Å². The van der Waals surface area contributed by atoms with Crippen molar-refractivity contribution in [2.45, 2.75) is 315 Å². The van der Waals surface area contributed by atoms with Gasteiger partial charge in [0.1, 0.15) is 12.7 Å². The molecule has 0 aliphatic rings. The standard InChI is InChI=1S/C68H121O11P/c1-4-7-10-13-16-19-22-25-28-31-32-35-36-39-42-45-48-51-54-57-66(70)75-61-65(79-68(72)59-56-53-50-47-44-41-38-34-30-27-24-21-18-15-12-9-6-3)63-77-80(73,74)76-62-64(60-69)78-67(71)58-55-52-49-46-43-40-37-33-29-26-23-20-17-14-11-8-5-2/h9,12,18,21,25-30,38,41,64-65,69H,4-8,10-11,13-17,19-20,22-24,31-37,39-40,42-63H2,1-3H3,(H,73,74)/b12-9-,21-18-,28-25-,29-26-,30-27-,41-38-. The van der Waals surface area contributed by atoms with Crippen molar-refractivity contribution in [3.8, 4) is 0 Å². The van der Waals surface area contributed by atoms with Crippen LogP contribution in [-0.2, 0) is 42.2 Å². The van der Waals surface area contributed by atoms with Crippen molar-refractivity contribution in [2.24, 2.45) is 0 Å². The van der Waals surface area contributed by atoms with Crippen molar-refractivity contribution >= 4 is 25.7 Å². The second-order valence-corrected chi connectivity index (χ2v) is 23.3. The normalized spacial score (nSPS) is 13.7. The lowest BCUT2D eigenvalue weighted by molar-refractivity contribution is -0.161. The summed E-state index contributed by atoms with van der Waals surface area (Å²) in [6, 6.07) is 0. The fraction of sp³-hybridized carbons (Fsp3) is 0.779. The summed E-state index contributed by atoms with van der Waals surface area (Å²) in [6.45, 7) is 4.54. The first-order valence-electron chi connectivity index (χ1n) is 32.8. The van der Waals surface area contributed by atoms with Crippen molar-refractivity contribution < 1.29 is 52.2 Å². The number of allylic oxidation sites excluding steroid dienone is 12. The highest BCUT2D eigenvalue weighted by atomic mass is 31.2. The molecule has 3 unspecified atom stereocenters. The number of aliphatic hydroxyl groups excluding tert-OH is 1. The van der Waals surface area contributed by atoms with Crippen LogP contribution in [0, 0.1) is 0 Å². The Hall–Kier alpha value is -3.08. The van der Waals surface area contributed by atoms with Crippen molar-refractivity contribution in [3.05, 3.63) is 72.9 Å². The number of carbonyl (C=O) groups is 3. The topological polar surface area (TPSA) is 155 Å². The highest BCUT2D eigenvalue weighted by Crippen LogP contribution is 2.43. The van der Waals surface area contributed by atoms with E-state index in [1.807, 2.05) is 0 Å².